The minimum atomic E-state index is 0.227. The molecule has 158 valence electrons. The number of methoxy groups -OCH3 is 1. The average Bonchev–Trinajstić information content (AvgIpc) is 2.75. The lowest BCUT2D eigenvalue weighted by molar-refractivity contribution is 0.0499. The minimum absolute atomic E-state index is 0.227. The quantitative estimate of drug-likeness (QED) is 0.665. The molecule has 2 aromatic rings. The van der Waals surface area contributed by atoms with Crippen molar-refractivity contribution in [3.05, 3.63) is 65.2 Å². The first kappa shape index (κ1) is 21.8. The lowest BCUT2D eigenvalue weighted by Gasteiger charge is -2.41. The number of aliphatic hydroxyl groups is 1. The molecule has 0 aromatic heterocycles. The Kier molecular flexibility index (Phi) is 8.50. The van der Waals surface area contributed by atoms with Gasteiger partial charge in [0.15, 0.2) is 0 Å². The molecule has 0 aliphatic carbocycles. The van der Waals surface area contributed by atoms with Gasteiger partial charge < -0.3 is 14.6 Å². The Morgan fingerprint density at radius 3 is 2.59 bits per heavy atom. The molecule has 0 bridgehead atoms. The minimum Gasteiger partial charge on any atom is -0.496 e. The van der Waals surface area contributed by atoms with Crippen LogP contribution in [0.25, 0.3) is 0 Å². The Labute approximate surface area is 174 Å². The molecule has 5 heteroatoms. The van der Waals surface area contributed by atoms with Crippen LogP contribution in [0.2, 0.25) is 0 Å². The third kappa shape index (κ3) is 6.28. The van der Waals surface area contributed by atoms with Crippen LogP contribution >= 0.6 is 0 Å². The first-order valence-corrected chi connectivity index (χ1v) is 10.6. The predicted molar refractivity (Wildman–Crippen MR) is 116 cm³/mol. The summed E-state index contributed by atoms with van der Waals surface area (Å²) in [6, 6.07) is 17.4. The topological polar surface area (TPSA) is 45.2 Å². The summed E-state index contributed by atoms with van der Waals surface area (Å²) in [6.07, 6.45) is 0.807. The van der Waals surface area contributed by atoms with Gasteiger partial charge in [-0.15, -0.1) is 0 Å². The van der Waals surface area contributed by atoms with Crippen LogP contribution < -0.4 is 4.74 Å². The molecule has 1 atom stereocenters. The fourth-order valence-corrected chi connectivity index (χ4v) is 4.06. The zero-order valence-corrected chi connectivity index (χ0v) is 17.7. The Bertz CT molecular complexity index is 738. The van der Waals surface area contributed by atoms with E-state index in [1.165, 1.54) is 11.1 Å². The molecule has 1 heterocycles. The van der Waals surface area contributed by atoms with Crippen LogP contribution in [-0.4, -0.2) is 60.9 Å². The summed E-state index contributed by atoms with van der Waals surface area (Å²) in [5.74, 6) is 0.882. The summed E-state index contributed by atoms with van der Waals surface area (Å²) >= 11 is 0. The zero-order chi connectivity index (χ0) is 20.5. The standard InChI is InChI=1S/C24H34N2O3/c1-3-29-19-22-15-21(9-10-24(22)28-2)16-25-12-13-26(23(18-25)11-14-27)17-20-7-5-4-6-8-20/h4-10,15,23,27H,3,11-14,16-19H2,1-2H3. The largest absolute Gasteiger partial charge is 0.496 e. The Hall–Kier alpha value is -1.92. The van der Waals surface area contributed by atoms with Crippen molar-refractivity contribution in [2.24, 2.45) is 0 Å². The van der Waals surface area contributed by atoms with Gasteiger partial charge in [0.25, 0.3) is 0 Å². The van der Waals surface area contributed by atoms with Crippen molar-refractivity contribution in [2.45, 2.75) is 39.1 Å². The van der Waals surface area contributed by atoms with E-state index in [9.17, 15) is 5.11 Å². The molecule has 0 spiro atoms. The monoisotopic (exact) mass is 398 g/mol. The second-order valence-electron chi connectivity index (χ2n) is 7.64. The highest BCUT2D eigenvalue weighted by Crippen LogP contribution is 2.23. The van der Waals surface area contributed by atoms with E-state index in [0.29, 0.717) is 19.3 Å². The molecule has 2 aromatic carbocycles. The van der Waals surface area contributed by atoms with E-state index in [0.717, 1.165) is 50.5 Å². The number of hydrogen-bond acceptors (Lipinski definition) is 5. The number of nitrogens with zero attached hydrogens (tertiary/aromatic N) is 2. The van der Waals surface area contributed by atoms with Gasteiger partial charge >= 0.3 is 0 Å². The van der Waals surface area contributed by atoms with Crippen molar-refractivity contribution in [3.63, 3.8) is 0 Å². The summed E-state index contributed by atoms with van der Waals surface area (Å²) in [6.45, 7) is 8.37. The highest BCUT2D eigenvalue weighted by molar-refractivity contribution is 5.37. The fourth-order valence-electron chi connectivity index (χ4n) is 4.06. The molecule has 3 rings (SSSR count). The van der Waals surface area contributed by atoms with Crippen LogP contribution in [0.1, 0.15) is 30.0 Å². The molecule has 1 saturated heterocycles. The van der Waals surface area contributed by atoms with Gasteiger partial charge in [-0.2, -0.15) is 0 Å². The van der Waals surface area contributed by atoms with Crippen molar-refractivity contribution >= 4 is 0 Å². The third-order valence-corrected chi connectivity index (χ3v) is 5.59. The maximum atomic E-state index is 9.58. The fraction of sp³-hybridized carbons (Fsp3) is 0.500. The van der Waals surface area contributed by atoms with Crippen LogP contribution in [0.5, 0.6) is 5.75 Å². The van der Waals surface area contributed by atoms with Gasteiger partial charge in [0, 0.05) is 57.5 Å². The first-order chi connectivity index (χ1) is 14.2. The van der Waals surface area contributed by atoms with E-state index < -0.39 is 0 Å². The lowest BCUT2D eigenvalue weighted by Crippen LogP contribution is -2.52. The van der Waals surface area contributed by atoms with Crippen molar-refractivity contribution in [1.29, 1.82) is 0 Å². The normalized spacial score (nSPS) is 18.1. The summed E-state index contributed by atoms with van der Waals surface area (Å²) in [4.78, 5) is 5.00. The van der Waals surface area contributed by atoms with Crippen molar-refractivity contribution in [3.8, 4) is 5.75 Å². The molecule has 1 fully saturated rings. The molecule has 29 heavy (non-hydrogen) atoms. The van der Waals surface area contributed by atoms with Gasteiger partial charge in [-0.05, 0) is 36.6 Å². The van der Waals surface area contributed by atoms with Crippen molar-refractivity contribution in [1.82, 2.24) is 9.80 Å². The van der Waals surface area contributed by atoms with Crippen LogP contribution in [0.15, 0.2) is 48.5 Å². The second-order valence-corrected chi connectivity index (χ2v) is 7.64. The number of rotatable bonds is 10. The molecule has 1 N–H and O–H groups in total. The summed E-state index contributed by atoms with van der Waals surface area (Å²) in [5, 5.41) is 9.58. The van der Waals surface area contributed by atoms with E-state index in [-0.39, 0.29) is 6.61 Å². The van der Waals surface area contributed by atoms with E-state index in [2.05, 4.69) is 52.3 Å². The smallest absolute Gasteiger partial charge is 0.124 e. The zero-order valence-electron chi connectivity index (χ0n) is 17.7. The number of hydrogen-bond donors (Lipinski definition) is 1. The molecule has 0 radical (unpaired) electrons. The molecule has 1 aliphatic heterocycles. The van der Waals surface area contributed by atoms with Crippen LogP contribution in [0, 0.1) is 0 Å². The first-order valence-electron chi connectivity index (χ1n) is 10.6. The van der Waals surface area contributed by atoms with Crippen LogP contribution in [-0.2, 0) is 24.4 Å². The molecular weight excluding hydrogens is 364 g/mol. The van der Waals surface area contributed by atoms with Crippen LogP contribution in [0.4, 0.5) is 0 Å². The third-order valence-electron chi connectivity index (χ3n) is 5.59. The SMILES string of the molecule is CCOCc1cc(CN2CCN(Cc3ccccc3)C(CCO)C2)ccc1OC. The van der Waals surface area contributed by atoms with Gasteiger partial charge in [0.2, 0.25) is 0 Å². The van der Waals surface area contributed by atoms with Gasteiger partial charge in [-0.25, -0.2) is 0 Å². The van der Waals surface area contributed by atoms with Crippen LogP contribution in [0.3, 0.4) is 0 Å². The number of benzene rings is 2. The molecule has 0 saturated carbocycles. The van der Waals surface area contributed by atoms with E-state index in [4.69, 9.17) is 9.47 Å². The predicted octanol–water partition coefficient (Wildman–Crippen LogP) is 3.30. The molecule has 1 aliphatic rings. The van der Waals surface area contributed by atoms with Gasteiger partial charge in [0.1, 0.15) is 5.75 Å². The summed E-state index contributed by atoms with van der Waals surface area (Å²) in [7, 11) is 1.70. The number of aliphatic hydroxyl groups excluding tert-OH is 1. The number of piperazine rings is 1. The molecule has 5 nitrogen and oxygen atoms in total. The highest BCUT2D eigenvalue weighted by Gasteiger charge is 2.26. The van der Waals surface area contributed by atoms with Crippen molar-refractivity contribution < 1.29 is 14.6 Å². The van der Waals surface area contributed by atoms with E-state index in [1.807, 2.05) is 13.0 Å². The lowest BCUT2D eigenvalue weighted by atomic mass is 10.0. The second kappa shape index (κ2) is 11.3. The Morgan fingerprint density at radius 1 is 1.03 bits per heavy atom. The van der Waals surface area contributed by atoms with Gasteiger partial charge in [0.05, 0.1) is 13.7 Å². The van der Waals surface area contributed by atoms with E-state index >= 15 is 0 Å². The summed E-state index contributed by atoms with van der Waals surface area (Å²) < 4.78 is 11.1. The number of ether oxygens (including phenoxy) is 2. The van der Waals surface area contributed by atoms with Gasteiger partial charge in [-0.1, -0.05) is 36.4 Å². The molecule has 0 amide bonds. The maximum absolute atomic E-state index is 9.58. The van der Waals surface area contributed by atoms with Gasteiger partial charge in [-0.3, -0.25) is 9.80 Å². The average molecular weight is 399 g/mol. The molecule has 1 unspecified atom stereocenters. The highest BCUT2D eigenvalue weighted by atomic mass is 16.5. The Balaban J connectivity index is 1.63. The maximum Gasteiger partial charge on any atom is 0.124 e. The summed E-state index contributed by atoms with van der Waals surface area (Å²) in [5.41, 5.74) is 3.71. The molecular formula is C24H34N2O3. The van der Waals surface area contributed by atoms with Crippen molar-refractivity contribution in [2.75, 3.05) is 40.0 Å². The van der Waals surface area contributed by atoms with E-state index in [1.54, 1.807) is 7.11 Å². The Morgan fingerprint density at radius 2 is 1.86 bits per heavy atom.